The summed E-state index contributed by atoms with van der Waals surface area (Å²) in [6.45, 7) is 2.73. The van der Waals surface area contributed by atoms with Crippen LogP contribution in [0.3, 0.4) is 0 Å². The largest absolute Gasteiger partial charge is 0.332 e. The van der Waals surface area contributed by atoms with Crippen LogP contribution < -0.4 is 21.9 Å². The molecule has 2 aliphatic rings. The van der Waals surface area contributed by atoms with Crippen LogP contribution in [0.1, 0.15) is 51.0 Å². The van der Waals surface area contributed by atoms with Crippen LogP contribution in [0, 0.1) is 29.1 Å². The Morgan fingerprint density at radius 1 is 1.03 bits per heavy atom. The monoisotopic (exact) mass is 548 g/mol. The molecule has 2 amide bonds. The predicted octanol–water partition coefficient (Wildman–Crippen LogP) is 3.90. The van der Waals surface area contributed by atoms with Crippen molar-refractivity contribution in [3.63, 3.8) is 0 Å². The third-order valence-corrected chi connectivity index (χ3v) is 7.37. The highest BCUT2D eigenvalue weighted by molar-refractivity contribution is 6.32. The first-order chi connectivity index (χ1) is 18.7. The van der Waals surface area contributed by atoms with E-state index in [1.54, 1.807) is 23.6 Å². The highest BCUT2D eigenvalue weighted by Gasteiger charge is 2.28. The van der Waals surface area contributed by atoms with E-state index in [1.165, 1.54) is 22.9 Å². The highest BCUT2D eigenvalue weighted by Crippen LogP contribution is 2.32. The molecule has 2 aliphatic carbocycles. The Bertz CT molecular complexity index is 1610. The minimum atomic E-state index is -0.384. The summed E-state index contributed by atoms with van der Waals surface area (Å²) in [6, 6.07) is 8.17. The average molecular weight is 549 g/mol. The van der Waals surface area contributed by atoms with E-state index in [9.17, 15) is 19.2 Å². The number of fused-ring (bicyclic) bond motifs is 1. The number of nitrogens with zero attached hydrogens (tertiary/aromatic N) is 4. The Labute approximate surface area is 229 Å². The number of halogens is 1. The molecule has 1 aromatic carbocycles. The summed E-state index contributed by atoms with van der Waals surface area (Å²) in [7, 11) is 0. The maximum atomic E-state index is 13.2. The van der Waals surface area contributed by atoms with Gasteiger partial charge in [-0.2, -0.15) is 5.26 Å². The molecule has 1 atom stereocenters. The molecule has 0 radical (unpaired) electrons. The van der Waals surface area contributed by atoms with Crippen molar-refractivity contribution in [2.24, 2.45) is 17.8 Å². The maximum Gasteiger partial charge on any atom is 0.332 e. The molecule has 202 valence electrons. The van der Waals surface area contributed by atoms with Crippen LogP contribution in [0.4, 0.5) is 11.4 Å². The molecule has 5 rings (SSSR count). The Morgan fingerprint density at radius 2 is 1.64 bits per heavy atom. The number of hydrogen-bond donors (Lipinski definition) is 2. The second-order valence-electron chi connectivity index (χ2n) is 10.7. The maximum absolute atomic E-state index is 13.2. The lowest BCUT2D eigenvalue weighted by molar-refractivity contribution is -0.118. The predicted molar refractivity (Wildman–Crippen MR) is 148 cm³/mol. The number of rotatable bonds is 10. The fourth-order valence-electron chi connectivity index (χ4n) is 4.62. The number of benzene rings is 1. The molecule has 11 heteroatoms. The van der Waals surface area contributed by atoms with E-state index in [4.69, 9.17) is 16.9 Å². The van der Waals surface area contributed by atoms with E-state index < -0.39 is 0 Å². The second kappa shape index (κ2) is 11.0. The normalized spacial score (nSPS) is 15.5. The van der Waals surface area contributed by atoms with Gasteiger partial charge in [-0.25, -0.2) is 9.78 Å². The van der Waals surface area contributed by atoms with Gasteiger partial charge in [-0.15, -0.1) is 0 Å². The lowest BCUT2D eigenvalue weighted by Crippen LogP contribution is -2.41. The first-order valence-corrected chi connectivity index (χ1v) is 13.5. The van der Waals surface area contributed by atoms with E-state index in [2.05, 4.69) is 15.6 Å². The molecule has 1 unspecified atom stereocenters. The molecule has 2 N–H and O–H groups in total. The topological polar surface area (TPSA) is 139 Å². The average Bonchev–Trinajstić information content (AvgIpc) is 3.81. The number of anilines is 2. The first-order valence-electron chi connectivity index (χ1n) is 13.1. The summed E-state index contributed by atoms with van der Waals surface area (Å²) in [5.74, 6) is -0.0975. The van der Waals surface area contributed by atoms with Crippen molar-refractivity contribution in [2.75, 3.05) is 10.6 Å². The minimum Gasteiger partial charge on any atom is -0.326 e. The zero-order chi connectivity index (χ0) is 27.7. The number of carbonyl (C=O) groups is 2. The van der Waals surface area contributed by atoms with Gasteiger partial charge in [0.2, 0.25) is 11.8 Å². The molecule has 0 aliphatic heterocycles. The smallest absolute Gasteiger partial charge is 0.326 e. The fourth-order valence-corrected chi connectivity index (χ4v) is 4.85. The van der Waals surface area contributed by atoms with Crippen LogP contribution in [-0.2, 0) is 22.7 Å². The summed E-state index contributed by atoms with van der Waals surface area (Å²) in [4.78, 5) is 55.9. The SMILES string of the molecule is CC(CC(=O)Nc1ccc(C#N)c(Cl)c1)CC(=O)Nc1cnc2c(c1)c(=O)n(CC1CC1)c(=O)n2CC1CC1. The van der Waals surface area contributed by atoms with E-state index in [1.807, 2.05) is 6.07 Å². The van der Waals surface area contributed by atoms with Gasteiger partial charge in [0.25, 0.3) is 5.56 Å². The van der Waals surface area contributed by atoms with E-state index in [0.29, 0.717) is 52.9 Å². The first kappa shape index (κ1) is 26.6. The molecule has 2 heterocycles. The van der Waals surface area contributed by atoms with Crippen molar-refractivity contribution in [1.82, 2.24) is 14.1 Å². The van der Waals surface area contributed by atoms with Crippen LogP contribution in [-0.4, -0.2) is 25.9 Å². The van der Waals surface area contributed by atoms with Gasteiger partial charge in [-0.3, -0.25) is 23.5 Å². The van der Waals surface area contributed by atoms with Crippen LogP contribution in [0.15, 0.2) is 40.1 Å². The number of aromatic nitrogens is 3. The Balaban J connectivity index is 1.26. The molecule has 2 aromatic heterocycles. The molecule has 2 saturated carbocycles. The molecule has 3 aromatic rings. The van der Waals surface area contributed by atoms with Crippen LogP contribution >= 0.6 is 11.6 Å². The molecule has 10 nitrogen and oxygen atoms in total. The summed E-state index contributed by atoms with van der Waals surface area (Å²) in [5, 5.41) is 15.0. The molecule has 0 spiro atoms. The fraction of sp³-hybridized carbons (Fsp3) is 0.429. The van der Waals surface area contributed by atoms with Gasteiger partial charge in [0, 0.05) is 31.6 Å². The summed E-state index contributed by atoms with van der Waals surface area (Å²) in [6.07, 6.45) is 5.77. The lowest BCUT2D eigenvalue weighted by atomic mass is 10.0. The van der Waals surface area contributed by atoms with Gasteiger partial charge in [-0.1, -0.05) is 18.5 Å². The van der Waals surface area contributed by atoms with Gasteiger partial charge in [0.05, 0.1) is 27.9 Å². The Morgan fingerprint density at radius 3 is 2.23 bits per heavy atom. The number of nitrogens with one attached hydrogen (secondary N) is 2. The zero-order valence-corrected chi connectivity index (χ0v) is 22.3. The second-order valence-corrected chi connectivity index (χ2v) is 11.1. The van der Waals surface area contributed by atoms with Gasteiger partial charge < -0.3 is 10.6 Å². The third kappa shape index (κ3) is 6.37. The third-order valence-electron chi connectivity index (χ3n) is 7.06. The standard InChI is InChI=1S/C28H29ClN6O4/c1-16(8-24(36)32-20-7-6-19(12-30)23(29)11-20)9-25(37)33-21-10-22-26(31-13-21)34(14-17-2-3-17)28(39)35(27(22)38)15-18-4-5-18/h6-7,10-11,13,16-18H,2-5,8-9,14-15H2,1H3,(H,32,36)(H,33,37). The molecule has 2 fully saturated rings. The van der Waals surface area contributed by atoms with Crippen molar-refractivity contribution in [3.05, 3.63) is 61.9 Å². The highest BCUT2D eigenvalue weighted by atomic mass is 35.5. The van der Waals surface area contributed by atoms with Gasteiger partial charge in [-0.05, 0) is 67.7 Å². The van der Waals surface area contributed by atoms with E-state index in [0.717, 1.165) is 25.7 Å². The molecular weight excluding hydrogens is 520 g/mol. The molecule has 39 heavy (non-hydrogen) atoms. The molecule has 0 saturated heterocycles. The van der Waals surface area contributed by atoms with Crippen molar-refractivity contribution in [3.8, 4) is 6.07 Å². The summed E-state index contributed by atoms with van der Waals surface area (Å²) in [5.41, 5.74) is 0.792. The van der Waals surface area contributed by atoms with Crippen LogP contribution in [0.5, 0.6) is 0 Å². The van der Waals surface area contributed by atoms with Crippen molar-refractivity contribution >= 4 is 45.8 Å². The Kier molecular flexibility index (Phi) is 7.53. The molecule has 0 bridgehead atoms. The lowest BCUT2D eigenvalue weighted by Gasteiger charge is -2.15. The number of nitriles is 1. The van der Waals surface area contributed by atoms with Crippen molar-refractivity contribution < 1.29 is 9.59 Å². The minimum absolute atomic E-state index is 0.0761. The van der Waals surface area contributed by atoms with Crippen molar-refractivity contribution in [2.45, 2.75) is 58.5 Å². The van der Waals surface area contributed by atoms with E-state index in [-0.39, 0.29) is 46.8 Å². The van der Waals surface area contributed by atoms with Crippen LogP contribution in [0.25, 0.3) is 11.0 Å². The quantitative estimate of drug-likeness (QED) is 0.394. The summed E-state index contributed by atoms with van der Waals surface area (Å²) < 4.78 is 2.92. The summed E-state index contributed by atoms with van der Waals surface area (Å²) >= 11 is 6.02. The number of hydrogen-bond acceptors (Lipinski definition) is 6. The number of amides is 2. The van der Waals surface area contributed by atoms with E-state index >= 15 is 0 Å². The van der Waals surface area contributed by atoms with Gasteiger partial charge in [0.1, 0.15) is 11.7 Å². The van der Waals surface area contributed by atoms with Crippen molar-refractivity contribution in [1.29, 1.82) is 5.26 Å². The Hall–Kier alpha value is -3.97. The number of carbonyl (C=O) groups excluding carboxylic acids is 2. The molecular formula is C28H29ClN6O4. The van der Waals surface area contributed by atoms with Crippen LogP contribution in [0.2, 0.25) is 5.02 Å². The number of pyridine rings is 1. The van der Waals surface area contributed by atoms with Gasteiger partial charge in [0.15, 0.2) is 0 Å². The zero-order valence-electron chi connectivity index (χ0n) is 21.6. The van der Waals surface area contributed by atoms with Gasteiger partial charge >= 0.3 is 5.69 Å².